The van der Waals surface area contributed by atoms with E-state index in [9.17, 15) is 4.79 Å². The summed E-state index contributed by atoms with van der Waals surface area (Å²) in [6, 6.07) is 15.7. The maximum atomic E-state index is 12.5. The molecule has 0 atom stereocenters. The highest BCUT2D eigenvalue weighted by atomic mass is 16.5. The number of methoxy groups -OCH3 is 2. The van der Waals surface area contributed by atoms with E-state index in [0.29, 0.717) is 17.4 Å². The SMILES string of the molecule is COc1ccc(CCC2CCN(C(=O)COc3ccccc3OC)CC2)cc1. The molecule has 28 heavy (non-hydrogen) atoms. The third-order valence-electron chi connectivity index (χ3n) is 5.39. The summed E-state index contributed by atoms with van der Waals surface area (Å²) < 4.78 is 16.1. The Balaban J connectivity index is 1.39. The molecule has 1 aliphatic heterocycles. The number of rotatable bonds is 8. The monoisotopic (exact) mass is 383 g/mol. The zero-order valence-electron chi connectivity index (χ0n) is 16.7. The van der Waals surface area contributed by atoms with Gasteiger partial charge >= 0.3 is 0 Å². The molecule has 2 aromatic rings. The number of hydrogen-bond donors (Lipinski definition) is 0. The Morgan fingerprint density at radius 3 is 2.29 bits per heavy atom. The number of ether oxygens (including phenoxy) is 3. The Morgan fingerprint density at radius 1 is 0.964 bits per heavy atom. The van der Waals surface area contributed by atoms with Crippen LogP contribution in [0.1, 0.15) is 24.8 Å². The van der Waals surface area contributed by atoms with Gasteiger partial charge in [-0.2, -0.15) is 0 Å². The molecule has 5 nitrogen and oxygen atoms in total. The summed E-state index contributed by atoms with van der Waals surface area (Å²) in [6.07, 6.45) is 4.33. The van der Waals surface area contributed by atoms with Gasteiger partial charge in [-0.05, 0) is 61.4 Å². The second-order valence-corrected chi connectivity index (χ2v) is 7.15. The van der Waals surface area contributed by atoms with E-state index in [1.54, 1.807) is 14.2 Å². The van der Waals surface area contributed by atoms with Gasteiger partial charge in [0, 0.05) is 13.1 Å². The molecule has 2 aromatic carbocycles. The van der Waals surface area contributed by atoms with Crippen molar-refractivity contribution >= 4 is 5.91 Å². The molecule has 1 amide bonds. The Morgan fingerprint density at radius 2 is 1.64 bits per heavy atom. The number of carbonyl (C=O) groups excluding carboxylic acids is 1. The summed E-state index contributed by atoms with van der Waals surface area (Å²) in [5.74, 6) is 2.85. The zero-order valence-corrected chi connectivity index (χ0v) is 16.7. The zero-order chi connectivity index (χ0) is 19.8. The molecule has 0 spiro atoms. The van der Waals surface area contributed by atoms with Crippen LogP contribution in [-0.4, -0.2) is 44.7 Å². The quantitative estimate of drug-likeness (QED) is 0.692. The second kappa shape index (κ2) is 10.0. The fourth-order valence-corrected chi connectivity index (χ4v) is 3.60. The minimum atomic E-state index is 0.0412. The van der Waals surface area contributed by atoms with Crippen LogP contribution in [0, 0.1) is 5.92 Å². The summed E-state index contributed by atoms with van der Waals surface area (Å²) in [6.45, 7) is 1.67. The van der Waals surface area contributed by atoms with Gasteiger partial charge in [0.1, 0.15) is 5.75 Å². The van der Waals surface area contributed by atoms with Gasteiger partial charge in [0.05, 0.1) is 14.2 Å². The number of aryl methyl sites for hydroxylation is 1. The highest BCUT2D eigenvalue weighted by Gasteiger charge is 2.23. The Kier molecular flexibility index (Phi) is 7.18. The molecule has 0 aromatic heterocycles. The molecule has 0 N–H and O–H groups in total. The lowest BCUT2D eigenvalue weighted by atomic mass is 9.90. The third kappa shape index (κ3) is 5.41. The Bertz CT molecular complexity index is 751. The van der Waals surface area contributed by atoms with Gasteiger partial charge in [-0.25, -0.2) is 0 Å². The van der Waals surface area contributed by atoms with E-state index in [1.807, 2.05) is 41.3 Å². The number of piperidine rings is 1. The van der Waals surface area contributed by atoms with Gasteiger partial charge in [-0.1, -0.05) is 24.3 Å². The highest BCUT2D eigenvalue weighted by molar-refractivity contribution is 5.78. The molecule has 150 valence electrons. The van der Waals surface area contributed by atoms with Gasteiger partial charge in [0.15, 0.2) is 18.1 Å². The molecule has 0 aliphatic carbocycles. The minimum absolute atomic E-state index is 0.0412. The molecule has 0 bridgehead atoms. The number of carbonyl (C=O) groups is 1. The van der Waals surface area contributed by atoms with Crippen LogP contribution in [-0.2, 0) is 11.2 Å². The fraction of sp³-hybridized carbons (Fsp3) is 0.435. The van der Waals surface area contributed by atoms with E-state index >= 15 is 0 Å². The molecule has 0 unspecified atom stereocenters. The summed E-state index contributed by atoms with van der Waals surface area (Å²) in [7, 11) is 3.28. The van der Waals surface area contributed by atoms with Gasteiger partial charge < -0.3 is 19.1 Å². The normalized spacial score (nSPS) is 14.6. The molecule has 3 rings (SSSR count). The lowest BCUT2D eigenvalue weighted by Gasteiger charge is -2.32. The van der Waals surface area contributed by atoms with Crippen molar-refractivity contribution in [2.45, 2.75) is 25.7 Å². The predicted octanol–water partition coefficient (Wildman–Crippen LogP) is 3.95. The third-order valence-corrected chi connectivity index (χ3v) is 5.39. The van der Waals surface area contributed by atoms with Crippen molar-refractivity contribution in [3.05, 3.63) is 54.1 Å². The van der Waals surface area contributed by atoms with E-state index in [4.69, 9.17) is 14.2 Å². The van der Waals surface area contributed by atoms with Crippen molar-refractivity contribution in [3.8, 4) is 17.2 Å². The smallest absolute Gasteiger partial charge is 0.260 e. The first-order valence-electron chi connectivity index (χ1n) is 9.86. The van der Waals surface area contributed by atoms with Crippen LogP contribution in [0.4, 0.5) is 0 Å². The molecule has 1 heterocycles. The topological polar surface area (TPSA) is 48.0 Å². The van der Waals surface area contributed by atoms with Crippen LogP contribution in [0.15, 0.2) is 48.5 Å². The standard InChI is InChI=1S/C23H29NO4/c1-26-20-11-9-18(10-12-20)7-8-19-13-15-24(16-14-19)23(25)17-28-22-6-4-3-5-21(22)27-2/h3-6,9-12,19H,7-8,13-17H2,1-2H3. The second-order valence-electron chi connectivity index (χ2n) is 7.15. The highest BCUT2D eigenvalue weighted by Crippen LogP contribution is 2.26. The maximum Gasteiger partial charge on any atom is 0.260 e. The maximum absolute atomic E-state index is 12.5. The van der Waals surface area contributed by atoms with E-state index in [0.717, 1.165) is 44.5 Å². The van der Waals surface area contributed by atoms with Crippen LogP contribution in [0.5, 0.6) is 17.2 Å². The molecular weight excluding hydrogens is 354 g/mol. The van der Waals surface area contributed by atoms with Crippen LogP contribution >= 0.6 is 0 Å². The first-order chi connectivity index (χ1) is 13.7. The first-order valence-corrected chi connectivity index (χ1v) is 9.86. The van der Waals surface area contributed by atoms with Crippen molar-refractivity contribution in [2.75, 3.05) is 33.9 Å². The molecule has 1 fully saturated rings. The number of nitrogens with zero attached hydrogens (tertiary/aromatic N) is 1. The number of hydrogen-bond acceptors (Lipinski definition) is 4. The lowest BCUT2D eigenvalue weighted by Crippen LogP contribution is -2.41. The van der Waals surface area contributed by atoms with Crippen molar-refractivity contribution in [2.24, 2.45) is 5.92 Å². The van der Waals surface area contributed by atoms with E-state index in [2.05, 4.69) is 12.1 Å². The number of para-hydroxylation sites is 2. The van der Waals surface area contributed by atoms with E-state index in [1.165, 1.54) is 5.56 Å². The van der Waals surface area contributed by atoms with Crippen LogP contribution in [0.2, 0.25) is 0 Å². The first kappa shape index (κ1) is 20.1. The van der Waals surface area contributed by atoms with Gasteiger partial charge in [0.25, 0.3) is 5.91 Å². The van der Waals surface area contributed by atoms with Crippen molar-refractivity contribution in [3.63, 3.8) is 0 Å². The summed E-state index contributed by atoms with van der Waals surface area (Å²) in [4.78, 5) is 14.4. The number of likely N-dealkylation sites (tertiary alicyclic amines) is 1. The molecule has 1 saturated heterocycles. The average molecular weight is 383 g/mol. The van der Waals surface area contributed by atoms with Crippen LogP contribution < -0.4 is 14.2 Å². The summed E-state index contributed by atoms with van der Waals surface area (Å²) >= 11 is 0. The van der Waals surface area contributed by atoms with Crippen LogP contribution in [0.25, 0.3) is 0 Å². The molecule has 0 saturated carbocycles. The predicted molar refractivity (Wildman–Crippen MR) is 109 cm³/mol. The van der Waals surface area contributed by atoms with Crippen molar-refractivity contribution in [1.29, 1.82) is 0 Å². The molecule has 1 aliphatic rings. The van der Waals surface area contributed by atoms with Crippen LogP contribution in [0.3, 0.4) is 0 Å². The Hall–Kier alpha value is -2.69. The van der Waals surface area contributed by atoms with E-state index < -0.39 is 0 Å². The van der Waals surface area contributed by atoms with Gasteiger partial charge in [0.2, 0.25) is 0 Å². The molecule has 0 radical (unpaired) electrons. The molecule has 5 heteroatoms. The van der Waals surface area contributed by atoms with E-state index in [-0.39, 0.29) is 12.5 Å². The largest absolute Gasteiger partial charge is 0.497 e. The lowest BCUT2D eigenvalue weighted by molar-refractivity contribution is -0.134. The molecular formula is C23H29NO4. The van der Waals surface area contributed by atoms with Gasteiger partial charge in [-0.3, -0.25) is 4.79 Å². The van der Waals surface area contributed by atoms with Crippen molar-refractivity contribution < 1.29 is 19.0 Å². The summed E-state index contributed by atoms with van der Waals surface area (Å²) in [5, 5.41) is 0. The summed E-state index contributed by atoms with van der Waals surface area (Å²) in [5.41, 5.74) is 1.34. The van der Waals surface area contributed by atoms with Gasteiger partial charge in [-0.15, -0.1) is 0 Å². The minimum Gasteiger partial charge on any atom is -0.497 e. The number of benzene rings is 2. The Labute approximate surface area is 167 Å². The fourth-order valence-electron chi connectivity index (χ4n) is 3.60. The average Bonchev–Trinajstić information content (AvgIpc) is 2.77. The van der Waals surface area contributed by atoms with Crippen molar-refractivity contribution in [1.82, 2.24) is 4.90 Å². The number of amides is 1.